The zero-order chi connectivity index (χ0) is 22.4. The number of halogens is 1. The second-order valence-electron chi connectivity index (χ2n) is 6.42. The van der Waals surface area contributed by atoms with Crippen molar-refractivity contribution < 1.29 is 17.9 Å². The Hall–Kier alpha value is -3.30. The fourth-order valence-corrected chi connectivity index (χ4v) is 3.91. The Kier molecular flexibility index (Phi) is 6.98. The summed E-state index contributed by atoms with van der Waals surface area (Å²) in [6, 6.07) is 19.6. The molecule has 0 spiro atoms. The number of carbonyl (C=O) groups is 1. The van der Waals surface area contributed by atoms with Crippen LogP contribution in [0.4, 0.5) is 5.69 Å². The first-order valence-corrected chi connectivity index (χ1v) is 11.3. The van der Waals surface area contributed by atoms with Gasteiger partial charge in [0.15, 0.2) is 0 Å². The number of ether oxygens (including phenoxy) is 1. The zero-order valence-corrected chi connectivity index (χ0v) is 19.0. The van der Waals surface area contributed by atoms with E-state index in [1.54, 1.807) is 31.4 Å². The summed E-state index contributed by atoms with van der Waals surface area (Å²) in [6.45, 7) is 3.89. The van der Waals surface area contributed by atoms with Crippen molar-refractivity contribution in [3.63, 3.8) is 0 Å². The van der Waals surface area contributed by atoms with Crippen LogP contribution in [-0.4, -0.2) is 21.4 Å². The first-order chi connectivity index (χ1) is 14.8. The first kappa shape index (κ1) is 22.4. The van der Waals surface area contributed by atoms with Gasteiger partial charge in [-0.25, -0.2) is 8.42 Å². The summed E-state index contributed by atoms with van der Waals surface area (Å²) in [5.41, 5.74) is 7.32. The van der Waals surface area contributed by atoms with Crippen molar-refractivity contribution in [2.75, 3.05) is 11.8 Å². The van der Waals surface area contributed by atoms with Crippen LogP contribution in [0.5, 0.6) is 5.75 Å². The number of nitrogens with one attached hydrogen (secondary N) is 3. The van der Waals surface area contributed by atoms with Gasteiger partial charge in [-0.15, -0.1) is 0 Å². The van der Waals surface area contributed by atoms with E-state index in [0.29, 0.717) is 16.9 Å². The number of benzene rings is 3. The molecule has 3 N–H and O–H groups in total. The summed E-state index contributed by atoms with van der Waals surface area (Å²) in [6.07, 6.45) is 0. The standard InChI is InChI=1S/C22H20BrN3O4S/c1-15(16-5-11-20(30-2)12-6-16)24-25-22(27)17-3-9-19(10-4-17)26-31(28,29)21-13-7-18(23)8-14-21/h3-14,24,26H,1H2,2H3,(H,25,27). The number of rotatable bonds is 8. The van der Waals surface area contributed by atoms with Crippen LogP contribution in [0.3, 0.4) is 0 Å². The van der Waals surface area contributed by atoms with Gasteiger partial charge in [0, 0.05) is 15.7 Å². The van der Waals surface area contributed by atoms with Crippen LogP contribution < -0.4 is 20.3 Å². The van der Waals surface area contributed by atoms with Gasteiger partial charge >= 0.3 is 0 Å². The van der Waals surface area contributed by atoms with Crippen molar-refractivity contribution in [3.8, 4) is 5.75 Å². The molecule has 3 aromatic carbocycles. The van der Waals surface area contributed by atoms with Crippen LogP contribution in [0.2, 0.25) is 0 Å². The number of hydrogen-bond acceptors (Lipinski definition) is 5. The zero-order valence-electron chi connectivity index (χ0n) is 16.6. The fraction of sp³-hybridized carbons (Fsp3) is 0.0455. The molecule has 3 rings (SSSR count). The molecule has 0 saturated carbocycles. The highest BCUT2D eigenvalue weighted by Crippen LogP contribution is 2.19. The van der Waals surface area contributed by atoms with Crippen molar-refractivity contribution >= 4 is 43.2 Å². The highest BCUT2D eigenvalue weighted by Gasteiger charge is 2.14. The van der Waals surface area contributed by atoms with E-state index in [0.717, 1.165) is 15.8 Å². The molecule has 9 heteroatoms. The Balaban J connectivity index is 1.59. The summed E-state index contributed by atoms with van der Waals surface area (Å²) in [5.74, 6) is 0.327. The molecular formula is C22H20BrN3O4S. The van der Waals surface area contributed by atoms with Gasteiger partial charge in [0.1, 0.15) is 5.75 Å². The predicted octanol–water partition coefficient (Wildman–Crippen LogP) is 4.16. The summed E-state index contributed by atoms with van der Waals surface area (Å²) < 4.78 is 33.3. The van der Waals surface area contributed by atoms with Crippen LogP contribution in [-0.2, 0) is 10.0 Å². The normalized spacial score (nSPS) is 10.8. The fourth-order valence-electron chi connectivity index (χ4n) is 2.59. The molecule has 0 unspecified atom stereocenters. The van der Waals surface area contributed by atoms with Gasteiger partial charge in [-0.3, -0.25) is 20.4 Å². The van der Waals surface area contributed by atoms with Gasteiger partial charge in [0.05, 0.1) is 17.7 Å². The van der Waals surface area contributed by atoms with Gasteiger partial charge in [-0.1, -0.05) is 22.5 Å². The molecule has 3 aromatic rings. The molecule has 0 radical (unpaired) electrons. The van der Waals surface area contributed by atoms with Gasteiger partial charge in [-0.05, 0) is 78.4 Å². The van der Waals surface area contributed by atoms with E-state index in [1.807, 2.05) is 12.1 Å². The maximum atomic E-state index is 12.5. The minimum atomic E-state index is -3.72. The number of methoxy groups -OCH3 is 1. The lowest BCUT2D eigenvalue weighted by molar-refractivity contribution is 0.0942. The van der Waals surface area contributed by atoms with E-state index in [1.165, 1.54) is 36.4 Å². The third kappa shape index (κ3) is 5.87. The molecule has 1 amide bonds. The molecule has 0 atom stereocenters. The number of anilines is 1. The van der Waals surface area contributed by atoms with Crippen LogP contribution in [0.25, 0.3) is 5.70 Å². The van der Waals surface area contributed by atoms with E-state index in [2.05, 4.69) is 38.1 Å². The third-order valence-corrected chi connectivity index (χ3v) is 6.21. The van der Waals surface area contributed by atoms with Crippen molar-refractivity contribution in [1.29, 1.82) is 0 Å². The molecule has 0 aliphatic rings. The molecule has 0 aliphatic carbocycles. The molecule has 0 fully saturated rings. The molecule has 31 heavy (non-hydrogen) atoms. The maximum absolute atomic E-state index is 12.5. The van der Waals surface area contributed by atoms with Crippen molar-refractivity contribution in [1.82, 2.24) is 10.9 Å². The summed E-state index contributed by atoms with van der Waals surface area (Å²) in [7, 11) is -2.14. The van der Waals surface area contributed by atoms with E-state index in [4.69, 9.17) is 4.74 Å². The molecule has 0 heterocycles. The summed E-state index contributed by atoms with van der Waals surface area (Å²) in [4.78, 5) is 12.5. The SMILES string of the molecule is C=C(NNC(=O)c1ccc(NS(=O)(=O)c2ccc(Br)cc2)cc1)c1ccc(OC)cc1. The number of carbonyl (C=O) groups excluding carboxylic acids is 1. The van der Waals surface area contributed by atoms with Gasteiger partial charge < -0.3 is 4.74 Å². The van der Waals surface area contributed by atoms with Crippen molar-refractivity contribution in [2.24, 2.45) is 0 Å². The third-order valence-electron chi connectivity index (χ3n) is 4.29. The Bertz CT molecular complexity index is 1180. The highest BCUT2D eigenvalue weighted by atomic mass is 79.9. The molecule has 7 nitrogen and oxygen atoms in total. The Morgan fingerprint density at radius 3 is 2.03 bits per heavy atom. The first-order valence-electron chi connectivity index (χ1n) is 9.06. The van der Waals surface area contributed by atoms with Gasteiger partial charge in [0.2, 0.25) is 0 Å². The lowest BCUT2D eigenvalue weighted by Crippen LogP contribution is -2.35. The van der Waals surface area contributed by atoms with Gasteiger partial charge in [-0.2, -0.15) is 0 Å². The highest BCUT2D eigenvalue weighted by molar-refractivity contribution is 9.10. The van der Waals surface area contributed by atoms with Crippen LogP contribution in [0.15, 0.2) is 88.7 Å². The molecule has 0 aliphatic heterocycles. The Morgan fingerprint density at radius 1 is 0.871 bits per heavy atom. The minimum absolute atomic E-state index is 0.138. The van der Waals surface area contributed by atoms with E-state index in [-0.39, 0.29) is 4.90 Å². The average Bonchev–Trinajstić information content (AvgIpc) is 2.78. The maximum Gasteiger partial charge on any atom is 0.269 e. The van der Waals surface area contributed by atoms with Crippen LogP contribution in [0.1, 0.15) is 15.9 Å². The second kappa shape index (κ2) is 9.67. The number of sulfonamides is 1. The quantitative estimate of drug-likeness (QED) is 0.402. The topological polar surface area (TPSA) is 96.5 Å². The number of amides is 1. The summed E-state index contributed by atoms with van der Waals surface area (Å²) >= 11 is 3.27. The molecule has 0 saturated heterocycles. The largest absolute Gasteiger partial charge is 0.497 e. The van der Waals surface area contributed by atoms with E-state index >= 15 is 0 Å². The lowest BCUT2D eigenvalue weighted by Gasteiger charge is -2.12. The van der Waals surface area contributed by atoms with Crippen molar-refractivity contribution in [2.45, 2.75) is 4.90 Å². The van der Waals surface area contributed by atoms with E-state index in [9.17, 15) is 13.2 Å². The monoisotopic (exact) mass is 501 g/mol. The van der Waals surface area contributed by atoms with E-state index < -0.39 is 15.9 Å². The number of hydrazine groups is 1. The average molecular weight is 502 g/mol. The van der Waals surface area contributed by atoms with Gasteiger partial charge in [0.25, 0.3) is 15.9 Å². The predicted molar refractivity (Wildman–Crippen MR) is 124 cm³/mol. The Labute approximate surface area is 189 Å². The lowest BCUT2D eigenvalue weighted by atomic mass is 10.2. The number of hydrogen-bond donors (Lipinski definition) is 3. The van der Waals surface area contributed by atoms with Crippen LogP contribution in [0, 0.1) is 0 Å². The smallest absolute Gasteiger partial charge is 0.269 e. The second-order valence-corrected chi connectivity index (χ2v) is 9.02. The molecular weight excluding hydrogens is 482 g/mol. The molecule has 160 valence electrons. The molecule has 0 aromatic heterocycles. The van der Waals surface area contributed by atoms with Crippen LogP contribution >= 0.6 is 15.9 Å². The summed E-state index contributed by atoms with van der Waals surface area (Å²) in [5, 5.41) is 0. The van der Waals surface area contributed by atoms with Crippen molar-refractivity contribution in [3.05, 3.63) is 95.0 Å². The molecule has 0 bridgehead atoms. The minimum Gasteiger partial charge on any atom is -0.497 e. The Morgan fingerprint density at radius 2 is 1.45 bits per heavy atom.